The number of hydrogen-bond acceptors (Lipinski definition) is 4. The summed E-state index contributed by atoms with van der Waals surface area (Å²) in [6.45, 7) is -0.127. The zero-order valence-corrected chi connectivity index (χ0v) is 12.2. The number of nitrogens with one attached hydrogen (secondary N) is 2. The second-order valence-corrected chi connectivity index (χ2v) is 4.68. The Labute approximate surface area is 135 Å². The summed E-state index contributed by atoms with van der Waals surface area (Å²) in [7, 11) is 0. The smallest absolute Gasteiger partial charge is 0.406 e. The number of urea groups is 1. The molecule has 3 N–H and O–H groups in total. The van der Waals surface area contributed by atoms with Gasteiger partial charge in [-0.15, -0.1) is 13.2 Å². The number of carbonyl (C=O) groups excluding carboxylic acids is 1. The minimum Gasteiger partial charge on any atom is -0.406 e. The molecule has 0 spiro atoms. The van der Waals surface area contributed by atoms with Crippen LogP contribution in [0.1, 0.15) is 11.7 Å². The lowest BCUT2D eigenvalue weighted by Gasteiger charge is -2.14. The molecule has 1 aromatic carbocycles. The fourth-order valence-electron chi connectivity index (χ4n) is 1.80. The van der Waals surface area contributed by atoms with Crippen molar-refractivity contribution in [3.63, 3.8) is 0 Å². The van der Waals surface area contributed by atoms with Crippen molar-refractivity contribution in [2.45, 2.75) is 12.5 Å². The molecule has 1 heterocycles. The predicted octanol–water partition coefficient (Wildman–Crippen LogP) is 2.84. The predicted molar refractivity (Wildman–Crippen MR) is 79.3 cm³/mol. The molecule has 2 aromatic rings. The van der Waals surface area contributed by atoms with E-state index >= 15 is 0 Å². The van der Waals surface area contributed by atoms with Crippen molar-refractivity contribution in [1.82, 2.24) is 10.3 Å². The van der Waals surface area contributed by atoms with E-state index in [1.54, 1.807) is 18.2 Å². The second-order valence-electron chi connectivity index (χ2n) is 4.68. The SMILES string of the molecule is O=C(NC[C@H](O)c1ccc(OC(F)(F)F)cc1)Nc1ccccn1. The van der Waals surface area contributed by atoms with Crippen molar-refractivity contribution in [1.29, 1.82) is 0 Å². The van der Waals surface area contributed by atoms with Gasteiger partial charge in [0.1, 0.15) is 11.6 Å². The summed E-state index contributed by atoms with van der Waals surface area (Å²) < 4.78 is 39.9. The number of halogens is 3. The molecule has 2 amide bonds. The van der Waals surface area contributed by atoms with Gasteiger partial charge in [-0.2, -0.15) is 0 Å². The highest BCUT2D eigenvalue weighted by Gasteiger charge is 2.31. The van der Waals surface area contributed by atoms with Gasteiger partial charge in [0.25, 0.3) is 0 Å². The van der Waals surface area contributed by atoms with E-state index < -0.39 is 18.5 Å². The van der Waals surface area contributed by atoms with Gasteiger partial charge in [-0.3, -0.25) is 5.32 Å². The van der Waals surface area contributed by atoms with E-state index in [2.05, 4.69) is 20.4 Å². The zero-order valence-electron chi connectivity index (χ0n) is 12.2. The topological polar surface area (TPSA) is 83.5 Å². The van der Waals surface area contributed by atoms with Gasteiger partial charge in [0.15, 0.2) is 0 Å². The first-order valence-electron chi connectivity index (χ1n) is 6.83. The number of rotatable bonds is 5. The van der Waals surface area contributed by atoms with Gasteiger partial charge in [0.05, 0.1) is 6.10 Å². The van der Waals surface area contributed by atoms with Crippen LogP contribution in [0.4, 0.5) is 23.8 Å². The molecule has 2 rings (SSSR count). The number of aromatic nitrogens is 1. The summed E-state index contributed by atoms with van der Waals surface area (Å²) in [6, 6.07) is 9.15. The van der Waals surface area contributed by atoms with Crippen LogP contribution < -0.4 is 15.4 Å². The third-order valence-electron chi connectivity index (χ3n) is 2.86. The molecule has 0 bridgehead atoms. The standard InChI is InChI=1S/C15H14F3N3O3/c16-15(17,18)24-11-6-4-10(5-7-11)12(22)9-20-14(23)21-13-3-1-2-8-19-13/h1-8,12,22H,9H2,(H2,19,20,21,23)/t12-/m0/s1. The van der Waals surface area contributed by atoms with Gasteiger partial charge < -0.3 is 15.2 Å². The zero-order chi connectivity index (χ0) is 17.6. The van der Waals surface area contributed by atoms with Crippen LogP contribution in [-0.2, 0) is 0 Å². The fourth-order valence-corrected chi connectivity index (χ4v) is 1.80. The Hall–Kier alpha value is -2.81. The molecule has 0 saturated carbocycles. The molecule has 1 atom stereocenters. The molecule has 9 heteroatoms. The summed E-state index contributed by atoms with van der Waals surface area (Å²) in [5.74, 6) is -0.0440. The van der Waals surface area contributed by atoms with Gasteiger partial charge >= 0.3 is 12.4 Å². The van der Waals surface area contributed by atoms with Crippen molar-refractivity contribution in [3.05, 3.63) is 54.2 Å². The Morgan fingerprint density at radius 3 is 2.50 bits per heavy atom. The second kappa shape index (κ2) is 7.64. The molecule has 0 radical (unpaired) electrons. The van der Waals surface area contributed by atoms with Gasteiger partial charge in [-0.1, -0.05) is 18.2 Å². The van der Waals surface area contributed by atoms with E-state index in [0.717, 1.165) is 12.1 Å². The van der Waals surface area contributed by atoms with E-state index in [9.17, 15) is 23.1 Å². The van der Waals surface area contributed by atoms with E-state index in [1.165, 1.54) is 18.3 Å². The normalized spacial score (nSPS) is 12.3. The summed E-state index contributed by atoms with van der Waals surface area (Å²) >= 11 is 0. The highest BCUT2D eigenvalue weighted by molar-refractivity contribution is 5.88. The van der Waals surface area contributed by atoms with E-state index in [1.807, 2.05) is 0 Å². The molecular formula is C15H14F3N3O3. The lowest BCUT2D eigenvalue weighted by molar-refractivity contribution is -0.274. The van der Waals surface area contributed by atoms with Gasteiger partial charge in [-0.25, -0.2) is 9.78 Å². The molecule has 1 aromatic heterocycles. The Kier molecular flexibility index (Phi) is 5.59. The number of alkyl halides is 3. The van der Waals surface area contributed by atoms with Crippen LogP contribution in [0.25, 0.3) is 0 Å². The van der Waals surface area contributed by atoms with Crippen LogP contribution in [0, 0.1) is 0 Å². The van der Waals surface area contributed by atoms with E-state index in [-0.39, 0.29) is 12.3 Å². The van der Waals surface area contributed by atoms with Crippen LogP contribution in [0.2, 0.25) is 0 Å². The maximum atomic E-state index is 12.1. The Morgan fingerprint density at radius 1 is 1.21 bits per heavy atom. The van der Waals surface area contributed by atoms with E-state index in [4.69, 9.17) is 0 Å². The Balaban J connectivity index is 1.83. The van der Waals surface area contributed by atoms with Crippen molar-refractivity contribution < 1.29 is 27.8 Å². The van der Waals surface area contributed by atoms with Gasteiger partial charge in [-0.05, 0) is 29.8 Å². The van der Waals surface area contributed by atoms with Crippen LogP contribution in [0.15, 0.2) is 48.7 Å². The van der Waals surface area contributed by atoms with Crippen LogP contribution in [-0.4, -0.2) is 29.0 Å². The molecule has 0 unspecified atom stereocenters. The fraction of sp³-hybridized carbons (Fsp3) is 0.200. The first kappa shape index (κ1) is 17.5. The number of amides is 2. The first-order chi connectivity index (χ1) is 11.3. The lowest BCUT2D eigenvalue weighted by atomic mass is 10.1. The molecular weight excluding hydrogens is 327 g/mol. The number of aliphatic hydroxyl groups is 1. The molecule has 0 fully saturated rings. The maximum absolute atomic E-state index is 12.1. The molecule has 6 nitrogen and oxygen atoms in total. The van der Waals surface area contributed by atoms with Crippen LogP contribution in [0.3, 0.4) is 0 Å². The Morgan fingerprint density at radius 2 is 1.92 bits per heavy atom. The maximum Gasteiger partial charge on any atom is 0.573 e. The molecule has 0 saturated heterocycles. The van der Waals surface area contributed by atoms with Gasteiger partial charge in [0.2, 0.25) is 0 Å². The summed E-state index contributed by atoms with van der Waals surface area (Å²) in [5, 5.41) is 14.8. The third kappa shape index (κ3) is 5.76. The average Bonchev–Trinajstić information content (AvgIpc) is 2.53. The molecule has 0 aliphatic carbocycles. The van der Waals surface area contributed by atoms with Crippen molar-refractivity contribution in [2.75, 3.05) is 11.9 Å². The Bertz CT molecular complexity index is 663. The highest BCUT2D eigenvalue weighted by Crippen LogP contribution is 2.24. The number of carbonyl (C=O) groups is 1. The monoisotopic (exact) mass is 341 g/mol. The lowest BCUT2D eigenvalue weighted by Crippen LogP contribution is -2.32. The number of pyridine rings is 1. The largest absolute Gasteiger partial charge is 0.573 e. The first-order valence-corrected chi connectivity index (χ1v) is 6.83. The van der Waals surface area contributed by atoms with Crippen molar-refractivity contribution >= 4 is 11.8 Å². The summed E-state index contributed by atoms with van der Waals surface area (Å²) in [6.07, 6.45) is -4.35. The molecule has 0 aliphatic heterocycles. The van der Waals surface area contributed by atoms with Crippen LogP contribution >= 0.6 is 0 Å². The number of nitrogens with zero attached hydrogens (tertiary/aromatic N) is 1. The molecule has 0 aliphatic rings. The van der Waals surface area contributed by atoms with E-state index in [0.29, 0.717) is 11.4 Å². The quantitative estimate of drug-likeness (QED) is 0.781. The average molecular weight is 341 g/mol. The van der Waals surface area contributed by atoms with Gasteiger partial charge in [0, 0.05) is 12.7 Å². The number of aliphatic hydroxyl groups excluding tert-OH is 1. The summed E-state index contributed by atoms with van der Waals surface area (Å²) in [4.78, 5) is 15.5. The summed E-state index contributed by atoms with van der Waals surface area (Å²) in [5.41, 5.74) is 0.336. The van der Waals surface area contributed by atoms with Crippen molar-refractivity contribution in [3.8, 4) is 5.75 Å². The minimum atomic E-state index is -4.77. The number of anilines is 1. The number of ether oxygens (including phenoxy) is 1. The van der Waals surface area contributed by atoms with Crippen LogP contribution in [0.5, 0.6) is 5.75 Å². The molecule has 128 valence electrons. The number of benzene rings is 1. The number of hydrogen-bond donors (Lipinski definition) is 3. The minimum absolute atomic E-state index is 0.127. The third-order valence-corrected chi connectivity index (χ3v) is 2.86. The highest BCUT2D eigenvalue weighted by atomic mass is 19.4. The van der Waals surface area contributed by atoms with Crippen molar-refractivity contribution in [2.24, 2.45) is 0 Å². The molecule has 24 heavy (non-hydrogen) atoms.